The predicted octanol–water partition coefficient (Wildman–Crippen LogP) is 3.43. The van der Waals surface area contributed by atoms with Crippen LogP contribution in [-0.4, -0.2) is 32.5 Å². The van der Waals surface area contributed by atoms with E-state index >= 15 is 0 Å². The minimum Gasteiger partial charge on any atom is -0.365 e. The zero-order valence-electron chi connectivity index (χ0n) is 17.1. The van der Waals surface area contributed by atoms with Crippen molar-refractivity contribution in [2.45, 2.75) is 56.7 Å². The Morgan fingerprint density at radius 2 is 1.97 bits per heavy atom. The summed E-state index contributed by atoms with van der Waals surface area (Å²) in [6, 6.07) is 5.27. The number of halogens is 1. The second-order valence-corrected chi connectivity index (χ2v) is 8.45. The molecular weight excluding hydrogens is 397 g/mol. The Morgan fingerprint density at radius 1 is 1.16 bits per heavy atom. The monoisotopic (exact) mass is 423 g/mol. The third-order valence-corrected chi connectivity index (χ3v) is 6.19. The number of nitrogens with zero attached hydrogens (tertiary/aromatic N) is 3. The van der Waals surface area contributed by atoms with Crippen LogP contribution in [0.2, 0.25) is 0 Å². The second kappa shape index (κ2) is 7.81. The number of nitrogens with one attached hydrogen (secondary N) is 2. The molecule has 3 aromatic rings. The van der Waals surface area contributed by atoms with Crippen molar-refractivity contribution in [3.8, 4) is 0 Å². The van der Waals surface area contributed by atoms with Gasteiger partial charge in [-0.05, 0) is 43.9 Å². The van der Waals surface area contributed by atoms with Gasteiger partial charge in [-0.3, -0.25) is 4.79 Å². The minimum atomic E-state index is -0.754. The van der Waals surface area contributed by atoms with E-state index in [0.717, 1.165) is 61.3 Å². The van der Waals surface area contributed by atoms with Crippen molar-refractivity contribution in [3.63, 3.8) is 0 Å². The standard InChI is InChI=1S/C22H26FN7O/c23-15-11-14(19(25)31)20(29-21(15)28-18-4-2-1-3-16(18)24)27-17-7-9-26-22-13(17)8-10-30(22)12-5-6-12/h7-12,16,18H,1-6,24H2,(H2,25,31)(H2,26,27,28,29). The quantitative estimate of drug-likeness (QED) is 0.482. The zero-order chi connectivity index (χ0) is 21.5. The maximum absolute atomic E-state index is 14.7. The third kappa shape index (κ3) is 3.81. The molecule has 2 unspecified atom stereocenters. The highest BCUT2D eigenvalue weighted by molar-refractivity contribution is 6.00. The summed E-state index contributed by atoms with van der Waals surface area (Å²) in [5.41, 5.74) is 13.3. The number of anilines is 3. The summed E-state index contributed by atoms with van der Waals surface area (Å²) in [6.07, 6.45) is 9.85. The normalized spacial score (nSPS) is 21.2. The van der Waals surface area contributed by atoms with Gasteiger partial charge in [-0.2, -0.15) is 0 Å². The van der Waals surface area contributed by atoms with Crippen LogP contribution in [0.25, 0.3) is 11.0 Å². The molecule has 2 aliphatic carbocycles. The first-order chi connectivity index (χ1) is 15.0. The molecule has 0 radical (unpaired) electrons. The van der Waals surface area contributed by atoms with Gasteiger partial charge in [0.15, 0.2) is 11.6 Å². The highest BCUT2D eigenvalue weighted by atomic mass is 19.1. The average molecular weight is 423 g/mol. The summed E-state index contributed by atoms with van der Waals surface area (Å²) in [6.45, 7) is 0. The highest BCUT2D eigenvalue weighted by Crippen LogP contribution is 2.39. The van der Waals surface area contributed by atoms with Gasteiger partial charge in [0.25, 0.3) is 5.91 Å². The van der Waals surface area contributed by atoms with Gasteiger partial charge >= 0.3 is 0 Å². The van der Waals surface area contributed by atoms with Gasteiger partial charge in [0.05, 0.1) is 11.3 Å². The zero-order valence-corrected chi connectivity index (χ0v) is 17.1. The lowest BCUT2D eigenvalue weighted by Crippen LogP contribution is -2.43. The summed E-state index contributed by atoms with van der Waals surface area (Å²) in [5, 5.41) is 7.22. The molecule has 0 spiro atoms. The van der Waals surface area contributed by atoms with E-state index in [9.17, 15) is 9.18 Å². The average Bonchev–Trinajstić information content (AvgIpc) is 3.50. The number of pyridine rings is 2. The molecule has 5 rings (SSSR count). The number of carbonyl (C=O) groups is 1. The smallest absolute Gasteiger partial charge is 0.252 e. The number of carbonyl (C=O) groups excluding carboxylic acids is 1. The molecule has 0 saturated heterocycles. The lowest BCUT2D eigenvalue weighted by Gasteiger charge is -2.30. The largest absolute Gasteiger partial charge is 0.365 e. The Labute approximate surface area is 179 Å². The molecule has 162 valence electrons. The first-order valence-corrected chi connectivity index (χ1v) is 10.8. The van der Waals surface area contributed by atoms with Crippen LogP contribution < -0.4 is 22.1 Å². The van der Waals surface area contributed by atoms with Gasteiger partial charge in [0.2, 0.25) is 0 Å². The molecule has 0 aromatic carbocycles. The second-order valence-electron chi connectivity index (χ2n) is 8.45. The van der Waals surface area contributed by atoms with Crippen LogP contribution in [0.3, 0.4) is 0 Å². The van der Waals surface area contributed by atoms with E-state index < -0.39 is 11.7 Å². The number of amides is 1. The maximum Gasteiger partial charge on any atom is 0.252 e. The summed E-state index contributed by atoms with van der Waals surface area (Å²) >= 11 is 0. The minimum absolute atomic E-state index is 0.0115. The van der Waals surface area contributed by atoms with Gasteiger partial charge in [-0.1, -0.05) is 12.8 Å². The van der Waals surface area contributed by atoms with Gasteiger partial charge in [-0.15, -0.1) is 0 Å². The number of rotatable bonds is 6. The summed E-state index contributed by atoms with van der Waals surface area (Å²) in [5.74, 6) is -1.12. The molecule has 31 heavy (non-hydrogen) atoms. The predicted molar refractivity (Wildman–Crippen MR) is 118 cm³/mol. The fourth-order valence-electron chi connectivity index (χ4n) is 4.33. The van der Waals surface area contributed by atoms with E-state index in [2.05, 4.69) is 25.2 Å². The Hall–Kier alpha value is -3.20. The van der Waals surface area contributed by atoms with Crippen LogP contribution in [0.5, 0.6) is 0 Å². The van der Waals surface area contributed by atoms with Crippen molar-refractivity contribution in [1.29, 1.82) is 0 Å². The molecule has 3 aromatic heterocycles. The molecule has 2 aliphatic rings. The molecule has 2 fully saturated rings. The first-order valence-electron chi connectivity index (χ1n) is 10.8. The summed E-state index contributed by atoms with van der Waals surface area (Å²) in [4.78, 5) is 20.9. The highest BCUT2D eigenvalue weighted by Gasteiger charge is 2.26. The molecule has 1 amide bonds. The molecule has 0 bridgehead atoms. The van der Waals surface area contributed by atoms with E-state index in [4.69, 9.17) is 11.5 Å². The van der Waals surface area contributed by atoms with Crippen molar-refractivity contribution >= 4 is 34.3 Å². The fourth-order valence-corrected chi connectivity index (χ4v) is 4.33. The van der Waals surface area contributed by atoms with Crippen LogP contribution >= 0.6 is 0 Å². The number of primary amides is 1. The van der Waals surface area contributed by atoms with Gasteiger partial charge in [0.1, 0.15) is 11.5 Å². The van der Waals surface area contributed by atoms with Crippen molar-refractivity contribution in [1.82, 2.24) is 14.5 Å². The van der Waals surface area contributed by atoms with Gasteiger partial charge in [-0.25, -0.2) is 14.4 Å². The fraction of sp³-hybridized carbons (Fsp3) is 0.409. The van der Waals surface area contributed by atoms with Crippen molar-refractivity contribution in [2.24, 2.45) is 11.5 Å². The van der Waals surface area contributed by atoms with E-state index in [1.165, 1.54) is 0 Å². The molecular formula is C22H26FN7O. The van der Waals surface area contributed by atoms with Crippen LogP contribution in [0.4, 0.5) is 21.7 Å². The van der Waals surface area contributed by atoms with Crippen LogP contribution in [-0.2, 0) is 0 Å². The summed E-state index contributed by atoms with van der Waals surface area (Å²) in [7, 11) is 0. The molecule has 3 heterocycles. The number of nitrogens with two attached hydrogens (primary N) is 2. The van der Waals surface area contributed by atoms with E-state index in [1.54, 1.807) is 12.3 Å². The molecule has 2 saturated carbocycles. The number of fused-ring (bicyclic) bond motifs is 1. The SMILES string of the molecule is NC(=O)c1cc(F)c(NC2CCCCC2N)nc1Nc1ccnc2c1ccn2C1CC1. The Morgan fingerprint density at radius 3 is 2.71 bits per heavy atom. The first kappa shape index (κ1) is 19.7. The van der Waals surface area contributed by atoms with Crippen molar-refractivity contribution in [2.75, 3.05) is 10.6 Å². The topological polar surface area (TPSA) is 124 Å². The van der Waals surface area contributed by atoms with Crippen LogP contribution in [0.1, 0.15) is 54.9 Å². The Kier molecular flexibility index (Phi) is 4.97. The lowest BCUT2D eigenvalue weighted by atomic mass is 9.91. The van der Waals surface area contributed by atoms with Gasteiger partial charge < -0.3 is 26.7 Å². The number of hydrogen-bond donors (Lipinski definition) is 4. The van der Waals surface area contributed by atoms with Crippen LogP contribution in [0, 0.1) is 5.82 Å². The van der Waals surface area contributed by atoms with Gasteiger partial charge in [0, 0.05) is 35.9 Å². The maximum atomic E-state index is 14.7. The number of hydrogen-bond acceptors (Lipinski definition) is 6. The van der Waals surface area contributed by atoms with E-state index in [0.29, 0.717) is 6.04 Å². The molecule has 9 heteroatoms. The van der Waals surface area contributed by atoms with Crippen molar-refractivity contribution in [3.05, 3.63) is 42.0 Å². The van der Waals surface area contributed by atoms with Crippen LogP contribution in [0.15, 0.2) is 30.6 Å². The van der Waals surface area contributed by atoms with Crippen molar-refractivity contribution < 1.29 is 9.18 Å². The Balaban J connectivity index is 1.50. The molecule has 6 N–H and O–H groups in total. The molecule has 8 nitrogen and oxygen atoms in total. The summed E-state index contributed by atoms with van der Waals surface area (Å²) < 4.78 is 16.9. The molecule has 2 atom stereocenters. The lowest BCUT2D eigenvalue weighted by molar-refractivity contribution is 0.100. The molecule has 0 aliphatic heterocycles. The number of aromatic nitrogens is 3. The third-order valence-electron chi connectivity index (χ3n) is 6.19. The Bertz CT molecular complexity index is 1140. The van der Waals surface area contributed by atoms with E-state index in [1.807, 2.05) is 12.3 Å². The van der Waals surface area contributed by atoms with E-state index in [-0.39, 0.29) is 29.3 Å².